The number of piperazine rings is 1. The van der Waals surface area contributed by atoms with Crippen LogP contribution in [0.1, 0.15) is 41.0 Å². The van der Waals surface area contributed by atoms with E-state index >= 15 is 0 Å². The first-order chi connectivity index (χ1) is 12.7. The highest BCUT2D eigenvalue weighted by molar-refractivity contribution is 5.99. The second-order valence-electron chi connectivity index (χ2n) is 6.93. The Kier molecular flexibility index (Phi) is 3.44. The molecular formula is C18H20N6O2. The Hall–Kier alpha value is -2.90. The van der Waals surface area contributed by atoms with E-state index in [1.54, 1.807) is 6.92 Å². The summed E-state index contributed by atoms with van der Waals surface area (Å²) in [5, 5.41) is 7.93. The van der Waals surface area contributed by atoms with Gasteiger partial charge in [0.2, 0.25) is 5.89 Å². The predicted octanol–water partition coefficient (Wildman–Crippen LogP) is 1.87. The van der Waals surface area contributed by atoms with E-state index < -0.39 is 0 Å². The van der Waals surface area contributed by atoms with Crippen LogP contribution < -0.4 is 4.90 Å². The fraction of sp³-hybridized carbons (Fsp3) is 0.444. The smallest absolute Gasteiger partial charge is 0.318 e. The van der Waals surface area contributed by atoms with Gasteiger partial charge in [0.15, 0.2) is 5.69 Å². The maximum absolute atomic E-state index is 13.1. The van der Waals surface area contributed by atoms with Gasteiger partial charge in [0.1, 0.15) is 5.82 Å². The molecule has 1 aliphatic heterocycles. The molecule has 4 heterocycles. The summed E-state index contributed by atoms with van der Waals surface area (Å²) in [6, 6.07) is 6.45. The summed E-state index contributed by atoms with van der Waals surface area (Å²) >= 11 is 0. The van der Waals surface area contributed by atoms with Gasteiger partial charge in [-0.05, 0) is 25.0 Å². The molecule has 134 valence electrons. The van der Waals surface area contributed by atoms with Gasteiger partial charge in [-0.2, -0.15) is 0 Å². The Morgan fingerprint density at radius 1 is 1.15 bits per heavy atom. The van der Waals surface area contributed by atoms with E-state index in [0.29, 0.717) is 49.7 Å². The molecule has 0 spiro atoms. The van der Waals surface area contributed by atoms with E-state index in [4.69, 9.17) is 9.40 Å². The van der Waals surface area contributed by atoms with Crippen molar-refractivity contribution in [2.45, 2.75) is 25.7 Å². The molecule has 1 amide bonds. The van der Waals surface area contributed by atoms with Gasteiger partial charge in [0.05, 0.1) is 5.52 Å². The summed E-state index contributed by atoms with van der Waals surface area (Å²) in [5.41, 5.74) is 1.46. The zero-order valence-corrected chi connectivity index (χ0v) is 14.6. The average Bonchev–Trinajstić information content (AvgIpc) is 3.31. The SMILES string of the molecule is Cc1nnc(N2CCN(C(=O)c3nc(C4CC4)n4ccccc34)CC2)o1. The molecule has 5 rings (SSSR count). The lowest BCUT2D eigenvalue weighted by atomic mass is 10.2. The summed E-state index contributed by atoms with van der Waals surface area (Å²) in [4.78, 5) is 21.7. The van der Waals surface area contributed by atoms with Gasteiger partial charge in [-0.15, -0.1) is 5.10 Å². The molecule has 3 aromatic heterocycles. The number of amides is 1. The highest BCUT2D eigenvalue weighted by Crippen LogP contribution is 2.40. The van der Waals surface area contributed by atoms with Crippen molar-refractivity contribution in [3.63, 3.8) is 0 Å². The van der Waals surface area contributed by atoms with Crippen LogP contribution in [0.15, 0.2) is 28.8 Å². The van der Waals surface area contributed by atoms with Crippen LogP contribution in [0.5, 0.6) is 0 Å². The molecule has 0 N–H and O–H groups in total. The Morgan fingerprint density at radius 2 is 1.96 bits per heavy atom. The Bertz CT molecular complexity index is 965. The predicted molar refractivity (Wildman–Crippen MR) is 94.3 cm³/mol. The third kappa shape index (κ3) is 2.53. The highest BCUT2D eigenvalue weighted by atomic mass is 16.4. The van der Waals surface area contributed by atoms with Crippen molar-refractivity contribution in [1.29, 1.82) is 0 Å². The first-order valence-corrected chi connectivity index (χ1v) is 9.02. The first-order valence-electron chi connectivity index (χ1n) is 9.02. The van der Waals surface area contributed by atoms with Crippen molar-refractivity contribution in [3.8, 4) is 0 Å². The molecule has 2 aliphatic rings. The van der Waals surface area contributed by atoms with Gasteiger partial charge in [0.25, 0.3) is 5.91 Å². The minimum absolute atomic E-state index is 0.00181. The fourth-order valence-corrected chi connectivity index (χ4v) is 3.51. The molecule has 0 aromatic carbocycles. The molecule has 3 aromatic rings. The number of aryl methyl sites for hydroxylation is 1. The molecule has 0 bridgehead atoms. The second kappa shape index (κ2) is 5.82. The largest absolute Gasteiger partial charge is 0.408 e. The van der Waals surface area contributed by atoms with Gasteiger partial charge in [-0.1, -0.05) is 11.2 Å². The maximum atomic E-state index is 13.1. The van der Waals surface area contributed by atoms with Gasteiger partial charge >= 0.3 is 6.01 Å². The number of carbonyl (C=O) groups is 1. The molecule has 8 heteroatoms. The van der Waals surface area contributed by atoms with Crippen LogP contribution in [0.3, 0.4) is 0 Å². The molecule has 1 saturated carbocycles. The lowest BCUT2D eigenvalue weighted by Crippen LogP contribution is -2.49. The molecule has 2 fully saturated rings. The zero-order valence-electron chi connectivity index (χ0n) is 14.6. The van der Waals surface area contributed by atoms with Crippen LogP contribution in [-0.2, 0) is 0 Å². The Balaban J connectivity index is 1.37. The van der Waals surface area contributed by atoms with Crippen LogP contribution >= 0.6 is 0 Å². The molecular weight excluding hydrogens is 332 g/mol. The van der Waals surface area contributed by atoms with Crippen LogP contribution in [0, 0.1) is 6.92 Å². The van der Waals surface area contributed by atoms with E-state index in [1.165, 1.54) is 0 Å². The quantitative estimate of drug-likeness (QED) is 0.716. The van der Waals surface area contributed by atoms with Crippen LogP contribution in [0.4, 0.5) is 6.01 Å². The average molecular weight is 352 g/mol. The topological polar surface area (TPSA) is 79.8 Å². The van der Waals surface area contributed by atoms with Crippen LogP contribution in [0.25, 0.3) is 5.52 Å². The van der Waals surface area contributed by atoms with Crippen molar-refractivity contribution in [1.82, 2.24) is 24.5 Å². The number of fused-ring (bicyclic) bond motifs is 1. The van der Waals surface area contributed by atoms with Gasteiger partial charge in [-0.25, -0.2) is 4.98 Å². The van der Waals surface area contributed by atoms with E-state index in [1.807, 2.05) is 34.2 Å². The summed E-state index contributed by atoms with van der Waals surface area (Å²) < 4.78 is 7.55. The molecule has 26 heavy (non-hydrogen) atoms. The van der Waals surface area contributed by atoms with Gasteiger partial charge in [-0.3, -0.25) is 4.79 Å². The zero-order chi connectivity index (χ0) is 17.7. The second-order valence-corrected chi connectivity index (χ2v) is 6.93. The summed E-state index contributed by atoms with van der Waals surface area (Å²) in [7, 11) is 0. The minimum atomic E-state index is 0.00181. The molecule has 1 aliphatic carbocycles. The number of imidazole rings is 1. The minimum Gasteiger partial charge on any atom is -0.408 e. The summed E-state index contributed by atoms with van der Waals surface area (Å²) in [5.74, 6) is 2.06. The van der Waals surface area contributed by atoms with Gasteiger partial charge < -0.3 is 18.6 Å². The number of pyridine rings is 1. The van der Waals surface area contributed by atoms with Crippen molar-refractivity contribution in [2.75, 3.05) is 31.1 Å². The third-order valence-electron chi connectivity index (χ3n) is 5.07. The molecule has 1 saturated heterocycles. The number of rotatable bonds is 3. The normalized spacial score (nSPS) is 17.9. The summed E-state index contributed by atoms with van der Waals surface area (Å²) in [6.45, 7) is 4.36. The maximum Gasteiger partial charge on any atom is 0.318 e. The van der Waals surface area contributed by atoms with Crippen LogP contribution in [-0.4, -0.2) is 56.6 Å². The first kappa shape index (κ1) is 15.4. The van der Waals surface area contributed by atoms with Crippen molar-refractivity contribution >= 4 is 17.4 Å². The molecule has 0 unspecified atom stereocenters. The van der Waals surface area contributed by atoms with E-state index in [9.17, 15) is 4.79 Å². The lowest BCUT2D eigenvalue weighted by Gasteiger charge is -2.33. The lowest BCUT2D eigenvalue weighted by molar-refractivity contribution is 0.0741. The number of anilines is 1. The van der Waals surface area contributed by atoms with Gasteiger partial charge in [0, 0.05) is 45.2 Å². The third-order valence-corrected chi connectivity index (χ3v) is 5.07. The standard InChI is InChI=1S/C18H20N6O2/c1-12-20-21-18(26-12)23-10-8-22(9-11-23)17(25)15-14-4-2-3-7-24(14)16(19-15)13-5-6-13/h2-4,7,13H,5-6,8-11H2,1H3. The Morgan fingerprint density at radius 3 is 2.65 bits per heavy atom. The van der Waals surface area contributed by atoms with E-state index in [0.717, 1.165) is 24.2 Å². The van der Waals surface area contributed by atoms with Crippen LogP contribution in [0.2, 0.25) is 0 Å². The molecule has 0 atom stereocenters. The van der Waals surface area contributed by atoms with E-state index in [2.05, 4.69) is 14.6 Å². The molecule has 0 radical (unpaired) electrons. The number of hydrogen-bond donors (Lipinski definition) is 0. The van der Waals surface area contributed by atoms with E-state index in [-0.39, 0.29) is 5.91 Å². The summed E-state index contributed by atoms with van der Waals surface area (Å²) in [6.07, 6.45) is 4.32. The number of aromatic nitrogens is 4. The van der Waals surface area contributed by atoms with Crippen molar-refractivity contribution < 1.29 is 9.21 Å². The molecule has 8 nitrogen and oxygen atoms in total. The van der Waals surface area contributed by atoms with Crippen molar-refractivity contribution in [2.24, 2.45) is 0 Å². The monoisotopic (exact) mass is 352 g/mol. The highest BCUT2D eigenvalue weighted by Gasteiger charge is 2.32. The number of carbonyl (C=O) groups excluding carboxylic acids is 1. The van der Waals surface area contributed by atoms with Crippen molar-refractivity contribution in [3.05, 3.63) is 41.8 Å². The number of hydrogen-bond acceptors (Lipinski definition) is 6. The fourth-order valence-electron chi connectivity index (χ4n) is 3.51. The number of nitrogens with zero attached hydrogens (tertiary/aromatic N) is 6. The Labute approximate surface area is 150 Å².